The van der Waals surface area contributed by atoms with E-state index in [1.165, 1.54) is 12.1 Å². The molecule has 2 N–H and O–H groups in total. The van der Waals surface area contributed by atoms with Crippen LogP contribution in [0.4, 0.5) is 4.39 Å². The molecular weight excluding hydrogens is 193 g/mol. The molecule has 0 radical (unpaired) electrons. The molecule has 0 saturated heterocycles. The summed E-state index contributed by atoms with van der Waals surface area (Å²) in [5.41, 5.74) is 6.13. The van der Waals surface area contributed by atoms with E-state index in [1.807, 2.05) is 0 Å². The van der Waals surface area contributed by atoms with Crippen molar-refractivity contribution in [3.8, 4) is 0 Å². The quantitative estimate of drug-likeness (QED) is 0.763. The Labute approximate surface area is 82.5 Å². The average Bonchev–Trinajstić information content (AvgIpc) is 2.11. The molecule has 1 aromatic carbocycles. The first kappa shape index (κ1) is 12.4. The Morgan fingerprint density at radius 3 is 2.38 bits per heavy atom. The summed E-state index contributed by atoms with van der Waals surface area (Å²) in [5, 5.41) is 0.128. The molecule has 4 heteroatoms. The van der Waals surface area contributed by atoms with Crippen LogP contribution < -0.4 is 5.73 Å². The van der Waals surface area contributed by atoms with Crippen molar-refractivity contribution >= 4 is 11.6 Å². The fraction of sp³-hybridized carbons (Fsp3) is 0.333. The first-order valence-electron chi connectivity index (χ1n) is 3.69. The lowest BCUT2D eigenvalue weighted by atomic mass is 10.2. The monoisotopic (exact) mass is 205 g/mol. The number of halogens is 2. The molecule has 0 bridgehead atoms. The Balaban J connectivity index is 0.000000424. The standard InChI is InChI=1S/C7H7ClFN.C2H6O/c8-6-3-5(4-10)1-2-7(6)9;1-3-2/h1-3H,4,10H2;1-2H3. The van der Waals surface area contributed by atoms with Gasteiger partial charge in [-0.2, -0.15) is 0 Å². The van der Waals surface area contributed by atoms with Crippen LogP contribution in [-0.2, 0) is 11.3 Å². The lowest BCUT2D eigenvalue weighted by Gasteiger charge is -1.96. The van der Waals surface area contributed by atoms with Crippen LogP contribution in [-0.4, -0.2) is 14.2 Å². The Hall–Kier alpha value is -0.640. The van der Waals surface area contributed by atoms with E-state index >= 15 is 0 Å². The van der Waals surface area contributed by atoms with E-state index in [4.69, 9.17) is 17.3 Å². The minimum absolute atomic E-state index is 0.128. The molecular formula is C9H13ClFNO. The number of hydrogen-bond donors (Lipinski definition) is 1. The van der Waals surface area contributed by atoms with E-state index < -0.39 is 5.82 Å². The maximum atomic E-state index is 12.5. The summed E-state index contributed by atoms with van der Waals surface area (Å²) in [5.74, 6) is -0.404. The van der Waals surface area contributed by atoms with Gasteiger partial charge in [-0.3, -0.25) is 0 Å². The molecule has 0 aliphatic rings. The van der Waals surface area contributed by atoms with Crippen molar-refractivity contribution in [3.05, 3.63) is 34.6 Å². The Morgan fingerprint density at radius 1 is 1.46 bits per heavy atom. The molecule has 0 heterocycles. The Bertz CT molecular complexity index is 255. The predicted octanol–water partition coefficient (Wildman–Crippen LogP) is 2.20. The van der Waals surface area contributed by atoms with Crippen molar-refractivity contribution in [3.63, 3.8) is 0 Å². The third-order valence-electron chi connectivity index (χ3n) is 1.22. The number of nitrogens with two attached hydrogens (primary N) is 1. The second-order valence-electron chi connectivity index (χ2n) is 2.36. The van der Waals surface area contributed by atoms with E-state index in [0.29, 0.717) is 6.54 Å². The molecule has 74 valence electrons. The van der Waals surface area contributed by atoms with Crippen molar-refractivity contribution < 1.29 is 9.13 Å². The van der Waals surface area contributed by atoms with Gasteiger partial charge in [-0.1, -0.05) is 17.7 Å². The van der Waals surface area contributed by atoms with Gasteiger partial charge in [-0.05, 0) is 17.7 Å². The molecule has 0 aromatic heterocycles. The van der Waals surface area contributed by atoms with Gasteiger partial charge in [0.25, 0.3) is 0 Å². The van der Waals surface area contributed by atoms with Crippen LogP contribution in [0.3, 0.4) is 0 Å². The summed E-state index contributed by atoms with van der Waals surface area (Å²) < 4.78 is 16.7. The van der Waals surface area contributed by atoms with Crippen LogP contribution in [0.15, 0.2) is 18.2 Å². The fourth-order valence-electron chi connectivity index (χ4n) is 0.667. The zero-order valence-corrected chi connectivity index (χ0v) is 8.44. The third-order valence-corrected chi connectivity index (χ3v) is 1.51. The zero-order valence-electron chi connectivity index (χ0n) is 7.68. The fourth-order valence-corrected chi connectivity index (χ4v) is 0.870. The molecule has 0 aliphatic heterocycles. The normalized spacial score (nSPS) is 9.00. The summed E-state index contributed by atoms with van der Waals surface area (Å²) in [4.78, 5) is 0. The van der Waals surface area contributed by atoms with Gasteiger partial charge in [-0.25, -0.2) is 4.39 Å². The maximum absolute atomic E-state index is 12.5. The molecule has 13 heavy (non-hydrogen) atoms. The number of methoxy groups -OCH3 is 1. The van der Waals surface area contributed by atoms with E-state index in [9.17, 15) is 4.39 Å². The van der Waals surface area contributed by atoms with Crippen LogP contribution in [0.25, 0.3) is 0 Å². The van der Waals surface area contributed by atoms with Crippen molar-refractivity contribution in [1.29, 1.82) is 0 Å². The highest BCUT2D eigenvalue weighted by atomic mass is 35.5. The lowest BCUT2D eigenvalue weighted by molar-refractivity contribution is 0.277. The number of rotatable bonds is 1. The highest BCUT2D eigenvalue weighted by Crippen LogP contribution is 2.15. The van der Waals surface area contributed by atoms with Gasteiger partial charge in [0.15, 0.2) is 0 Å². The van der Waals surface area contributed by atoms with Gasteiger partial charge in [0.05, 0.1) is 5.02 Å². The predicted molar refractivity (Wildman–Crippen MR) is 52.2 cm³/mol. The van der Waals surface area contributed by atoms with Crippen LogP contribution >= 0.6 is 11.6 Å². The molecule has 0 atom stereocenters. The van der Waals surface area contributed by atoms with Gasteiger partial charge < -0.3 is 10.5 Å². The van der Waals surface area contributed by atoms with Gasteiger partial charge in [0.1, 0.15) is 5.82 Å². The minimum atomic E-state index is -0.404. The van der Waals surface area contributed by atoms with E-state index in [0.717, 1.165) is 5.56 Å². The number of ether oxygens (including phenoxy) is 1. The maximum Gasteiger partial charge on any atom is 0.141 e. The molecule has 0 aliphatic carbocycles. The van der Waals surface area contributed by atoms with Gasteiger partial charge in [0.2, 0.25) is 0 Å². The van der Waals surface area contributed by atoms with Crippen molar-refractivity contribution in [2.45, 2.75) is 6.54 Å². The SMILES string of the molecule is COC.NCc1ccc(F)c(Cl)c1. The second kappa shape index (κ2) is 6.83. The minimum Gasteiger partial charge on any atom is -0.388 e. The van der Waals surface area contributed by atoms with Gasteiger partial charge >= 0.3 is 0 Å². The first-order valence-corrected chi connectivity index (χ1v) is 4.07. The summed E-state index contributed by atoms with van der Waals surface area (Å²) in [6, 6.07) is 4.45. The van der Waals surface area contributed by atoms with Crippen LogP contribution in [0, 0.1) is 5.82 Å². The summed E-state index contributed by atoms with van der Waals surface area (Å²) >= 11 is 5.46. The Morgan fingerprint density at radius 2 is 2.00 bits per heavy atom. The van der Waals surface area contributed by atoms with Crippen molar-refractivity contribution in [2.75, 3.05) is 14.2 Å². The highest BCUT2D eigenvalue weighted by Gasteiger charge is 1.97. The summed E-state index contributed by atoms with van der Waals surface area (Å²) in [6.45, 7) is 0.389. The Kier molecular flexibility index (Phi) is 6.49. The molecule has 0 saturated carbocycles. The molecule has 0 amide bonds. The third kappa shape index (κ3) is 4.83. The van der Waals surface area contributed by atoms with E-state index in [1.54, 1.807) is 20.3 Å². The molecule has 0 unspecified atom stereocenters. The average molecular weight is 206 g/mol. The molecule has 2 nitrogen and oxygen atoms in total. The second-order valence-corrected chi connectivity index (χ2v) is 2.77. The van der Waals surface area contributed by atoms with Crippen LogP contribution in [0.1, 0.15) is 5.56 Å². The van der Waals surface area contributed by atoms with Crippen LogP contribution in [0.2, 0.25) is 5.02 Å². The van der Waals surface area contributed by atoms with E-state index in [-0.39, 0.29) is 5.02 Å². The summed E-state index contributed by atoms with van der Waals surface area (Å²) in [7, 11) is 3.25. The largest absolute Gasteiger partial charge is 0.388 e. The van der Waals surface area contributed by atoms with Gasteiger partial charge in [0, 0.05) is 20.8 Å². The topological polar surface area (TPSA) is 35.2 Å². The highest BCUT2D eigenvalue weighted by molar-refractivity contribution is 6.30. The van der Waals surface area contributed by atoms with Crippen molar-refractivity contribution in [1.82, 2.24) is 0 Å². The number of benzene rings is 1. The van der Waals surface area contributed by atoms with Gasteiger partial charge in [-0.15, -0.1) is 0 Å². The first-order chi connectivity index (χ1) is 6.15. The van der Waals surface area contributed by atoms with E-state index in [2.05, 4.69) is 4.74 Å². The molecule has 0 spiro atoms. The molecule has 0 fully saturated rings. The smallest absolute Gasteiger partial charge is 0.141 e. The van der Waals surface area contributed by atoms with Crippen LogP contribution in [0.5, 0.6) is 0 Å². The molecule has 1 aromatic rings. The van der Waals surface area contributed by atoms with Crippen molar-refractivity contribution in [2.24, 2.45) is 5.73 Å². The lowest BCUT2D eigenvalue weighted by Crippen LogP contribution is -1.95. The number of hydrogen-bond acceptors (Lipinski definition) is 2. The summed E-state index contributed by atoms with van der Waals surface area (Å²) in [6.07, 6.45) is 0. The molecule has 1 rings (SSSR count). The zero-order chi connectivity index (χ0) is 10.3.